The molecular formula is C30H39N5. The third-order valence-electron chi connectivity index (χ3n) is 7.19. The van der Waals surface area contributed by atoms with Gasteiger partial charge in [0.1, 0.15) is 5.82 Å². The van der Waals surface area contributed by atoms with E-state index >= 15 is 0 Å². The first-order chi connectivity index (χ1) is 17.1. The molecule has 3 aromatic rings. The fourth-order valence-electron chi connectivity index (χ4n) is 5.33. The maximum atomic E-state index is 6.32. The molecule has 0 saturated carbocycles. The second-order valence-corrected chi connectivity index (χ2v) is 9.36. The minimum Gasteiger partial charge on any atom is -0.385 e. The Morgan fingerprint density at radius 3 is 2.57 bits per heavy atom. The van der Waals surface area contributed by atoms with Gasteiger partial charge >= 0.3 is 0 Å². The highest BCUT2D eigenvalue weighted by Crippen LogP contribution is 2.34. The minimum absolute atomic E-state index is 0.568. The van der Waals surface area contributed by atoms with Crippen molar-refractivity contribution in [3.63, 3.8) is 0 Å². The van der Waals surface area contributed by atoms with E-state index in [4.69, 9.17) is 5.73 Å². The summed E-state index contributed by atoms with van der Waals surface area (Å²) in [6, 6.07) is 18.4. The van der Waals surface area contributed by atoms with Crippen molar-refractivity contribution in [1.82, 2.24) is 10.3 Å². The minimum atomic E-state index is 0.568. The SMILES string of the molecule is C=C1NCCc2cc(-c3cc(-c4ccc(N5CCCC5CCCC)cc4)cnc3N)ccc21.CN. The van der Waals surface area contributed by atoms with Crippen molar-refractivity contribution in [1.29, 1.82) is 0 Å². The molecule has 184 valence electrons. The number of anilines is 2. The summed E-state index contributed by atoms with van der Waals surface area (Å²) in [5.41, 5.74) is 20.0. The van der Waals surface area contributed by atoms with Crippen LogP contribution in [0.2, 0.25) is 0 Å². The Labute approximate surface area is 210 Å². The molecule has 1 atom stereocenters. The highest BCUT2D eigenvalue weighted by molar-refractivity contribution is 5.81. The van der Waals surface area contributed by atoms with Gasteiger partial charge in [0, 0.05) is 53.4 Å². The van der Waals surface area contributed by atoms with Crippen molar-refractivity contribution in [3.05, 3.63) is 72.4 Å². The maximum Gasteiger partial charge on any atom is 0.131 e. The predicted molar refractivity (Wildman–Crippen MR) is 150 cm³/mol. The molecule has 3 heterocycles. The molecular weight excluding hydrogens is 430 g/mol. The van der Waals surface area contributed by atoms with Crippen molar-refractivity contribution in [2.45, 2.75) is 51.5 Å². The van der Waals surface area contributed by atoms with Gasteiger partial charge in [-0.1, -0.05) is 56.7 Å². The molecule has 2 aliphatic heterocycles. The van der Waals surface area contributed by atoms with Gasteiger partial charge in [0.05, 0.1) is 0 Å². The number of hydrogen-bond acceptors (Lipinski definition) is 5. The zero-order valence-electron chi connectivity index (χ0n) is 21.2. The lowest BCUT2D eigenvalue weighted by Crippen LogP contribution is -2.28. The third-order valence-corrected chi connectivity index (χ3v) is 7.19. The Kier molecular flexibility index (Phi) is 8.09. The number of pyridine rings is 1. The molecule has 35 heavy (non-hydrogen) atoms. The molecule has 5 rings (SSSR count). The number of aromatic nitrogens is 1. The van der Waals surface area contributed by atoms with E-state index in [0.29, 0.717) is 11.9 Å². The van der Waals surface area contributed by atoms with E-state index in [1.165, 1.54) is 68.1 Å². The summed E-state index contributed by atoms with van der Waals surface area (Å²) in [5.74, 6) is 0.568. The van der Waals surface area contributed by atoms with E-state index in [0.717, 1.165) is 35.4 Å². The zero-order valence-corrected chi connectivity index (χ0v) is 21.2. The first-order valence-electron chi connectivity index (χ1n) is 12.9. The molecule has 0 spiro atoms. The number of nitrogen functional groups attached to an aromatic ring is 1. The van der Waals surface area contributed by atoms with E-state index in [1.54, 1.807) is 0 Å². The van der Waals surface area contributed by atoms with E-state index < -0.39 is 0 Å². The first-order valence-corrected chi connectivity index (χ1v) is 12.9. The molecule has 0 amide bonds. The summed E-state index contributed by atoms with van der Waals surface area (Å²) < 4.78 is 0. The number of rotatable bonds is 6. The van der Waals surface area contributed by atoms with Crippen LogP contribution in [0.1, 0.15) is 50.2 Å². The molecule has 1 unspecified atom stereocenters. The second kappa shape index (κ2) is 11.4. The summed E-state index contributed by atoms with van der Waals surface area (Å²) in [6.45, 7) is 8.50. The van der Waals surface area contributed by atoms with Crippen molar-refractivity contribution < 1.29 is 0 Å². The van der Waals surface area contributed by atoms with Crippen LogP contribution < -0.4 is 21.7 Å². The molecule has 1 saturated heterocycles. The Morgan fingerprint density at radius 1 is 1.03 bits per heavy atom. The topological polar surface area (TPSA) is 80.2 Å². The fraction of sp³-hybridized carbons (Fsp3) is 0.367. The van der Waals surface area contributed by atoms with Gasteiger partial charge in [0.15, 0.2) is 0 Å². The number of nitrogens with two attached hydrogens (primary N) is 2. The van der Waals surface area contributed by atoms with Gasteiger partial charge in [-0.3, -0.25) is 0 Å². The maximum absolute atomic E-state index is 6.32. The average molecular weight is 470 g/mol. The first kappa shape index (κ1) is 24.8. The molecule has 5 nitrogen and oxygen atoms in total. The summed E-state index contributed by atoms with van der Waals surface area (Å²) in [6.07, 6.45) is 9.37. The number of unbranched alkanes of at least 4 members (excludes halogenated alkanes) is 1. The van der Waals surface area contributed by atoms with Crippen LogP contribution in [0, 0.1) is 0 Å². The van der Waals surface area contributed by atoms with Crippen molar-refractivity contribution in [3.8, 4) is 22.3 Å². The molecule has 0 bridgehead atoms. The van der Waals surface area contributed by atoms with Crippen molar-refractivity contribution >= 4 is 17.2 Å². The monoisotopic (exact) mass is 469 g/mol. The van der Waals surface area contributed by atoms with Crippen LogP contribution in [-0.2, 0) is 6.42 Å². The van der Waals surface area contributed by atoms with Crippen LogP contribution in [0.25, 0.3) is 28.0 Å². The van der Waals surface area contributed by atoms with Gasteiger partial charge < -0.3 is 21.7 Å². The average Bonchev–Trinajstić information content (AvgIpc) is 3.37. The van der Waals surface area contributed by atoms with Crippen molar-refractivity contribution in [2.24, 2.45) is 5.73 Å². The van der Waals surface area contributed by atoms with Gasteiger partial charge in [-0.2, -0.15) is 0 Å². The number of fused-ring (bicyclic) bond motifs is 1. The highest BCUT2D eigenvalue weighted by Gasteiger charge is 2.24. The standard InChI is InChI=1S/C29H34N4.CH5N/c1-3-4-6-25-7-5-16-33(25)26-11-8-21(9-12-26)24-18-28(29(30)32-19-24)22-10-13-27-20(2)31-15-14-23(27)17-22;1-2/h8-13,17-19,25,31H,2-7,14-16H2,1H3,(H2,30,32);2H2,1H3. The van der Waals surface area contributed by atoms with E-state index in [2.05, 4.69) is 83.0 Å². The summed E-state index contributed by atoms with van der Waals surface area (Å²) in [7, 11) is 1.50. The summed E-state index contributed by atoms with van der Waals surface area (Å²) >= 11 is 0. The van der Waals surface area contributed by atoms with Gasteiger partial charge in [-0.25, -0.2) is 4.98 Å². The smallest absolute Gasteiger partial charge is 0.131 e. The molecule has 5 heteroatoms. The second-order valence-electron chi connectivity index (χ2n) is 9.36. The predicted octanol–water partition coefficient (Wildman–Crippen LogP) is 5.85. The van der Waals surface area contributed by atoms with Crippen LogP contribution in [-0.4, -0.2) is 31.2 Å². The summed E-state index contributed by atoms with van der Waals surface area (Å²) in [4.78, 5) is 7.14. The Hall–Kier alpha value is -3.31. The largest absolute Gasteiger partial charge is 0.385 e. The molecule has 1 aromatic heterocycles. The number of benzene rings is 2. The molecule has 0 radical (unpaired) electrons. The Balaban J connectivity index is 0.00000141. The quantitative estimate of drug-likeness (QED) is 0.422. The summed E-state index contributed by atoms with van der Waals surface area (Å²) in [5, 5.41) is 3.34. The lowest BCUT2D eigenvalue weighted by molar-refractivity contribution is 0.574. The van der Waals surface area contributed by atoms with Crippen LogP contribution >= 0.6 is 0 Å². The van der Waals surface area contributed by atoms with E-state index in [1.807, 2.05) is 6.20 Å². The fourth-order valence-corrected chi connectivity index (χ4v) is 5.33. The lowest BCUT2D eigenvalue weighted by atomic mass is 9.93. The molecule has 2 aromatic carbocycles. The third kappa shape index (κ3) is 5.35. The lowest BCUT2D eigenvalue weighted by Gasteiger charge is -2.27. The van der Waals surface area contributed by atoms with Gasteiger partial charge in [-0.15, -0.1) is 0 Å². The van der Waals surface area contributed by atoms with Crippen LogP contribution in [0.15, 0.2) is 61.3 Å². The molecule has 1 fully saturated rings. The number of hydrogen-bond donors (Lipinski definition) is 3. The Morgan fingerprint density at radius 2 is 1.80 bits per heavy atom. The van der Waals surface area contributed by atoms with E-state index in [9.17, 15) is 0 Å². The van der Waals surface area contributed by atoms with Crippen LogP contribution in [0.5, 0.6) is 0 Å². The normalized spacial score (nSPS) is 16.8. The van der Waals surface area contributed by atoms with E-state index in [-0.39, 0.29) is 0 Å². The zero-order chi connectivity index (χ0) is 24.8. The molecule has 2 aliphatic rings. The number of nitrogens with zero attached hydrogens (tertiary/aromatic N) is 2. The van der Waals surface area contributed by atoms with Gasteiger partial charge in [-0.05, 0) is 67.6 Å². The highest BCUT2D eigenvalue weighted by atomic mass is 15.2. The van der Waals surface area contributed by atoms with Crippen LogP contribution in [0.3, 0.4) is 0 Å². The van der Waals surface area contributed by atoms with Gasteiger partial charge in [0.25, 0.3) is 0 Å². The Bertz CT molecular complexity index is 1150. The molecule has 5 N–H and O–H groups in total. The van der Waals surface area contributed by atoms with Crippen molar-refractivity contribution in [2.75, 3.05) is 30.8 Å². The van der Waals surface area contributed by atoms with Gasteiger partial charge in [0.2, 0.25) is 0 Å². The number of nitrogens with one attached hydrogen (secondary N) is 1. The van der Waals surface area contributed by atoms with Crippen LogP contribution in [0.4, 0.5) is 11.5 Å². The molecule has 0 aliphatic carbocycles.